The van der Waals surface area contributed by atoms with Gasteiger partial charge >= 0.3 is 5.97 Å². The largest absolute Gasteiger partial charge is 0.465 e. The lowest BCUT2D eigenvalue weighted by atomic mass is 10.1. The van der Waals surface area contributed by atoms with Crippen molar-refractivity contribution in [1.29, 1.82) is 0 Å². The van der Waals surface area contributed by atoms with Crippen molar-refractivity contribution in [3.63, 3.8) is 0 Å². The third kappa shape index (κ3) is 3.77. The summed E-state index contributed by atoms with van der Waals surface area (Å²) in [5.41, 5.74) is 0. The minimum Gasteiger partial charge on any atom is -0.465 e. The van der Waals surface area contributed by atoms with E-state index in [2.05, 4.69) is 18.8 Å². The van der Waals surface area contributed by atoms with E-state index in [1.165, 1.54) is 12.8 Å². The minimum absolute atomic E-state index is 0.000952. The topological polar surface area (TPSA) is 26.3 Å². The smallest absolute Gasteiger partial charge is 0.305 e. The van der Waals surface area contributed by atoms with Crippen molar-refractivity contribution in [2.45, 2.75) is 58.3 Å². The molecule has 18 heavy (non-hydrogen) atoms. The minimum atomic E-state index is -0.000952. The number of hydrogen-bond donors (Lipinski definition) is 0. The molecule has 2 nitrogen and oxygen atoms in total. The van der Waals surface area contributed by atoms with E-state index in [4.69, 9.17) is 4.74 Å². The van der Waals surface area contributed by atoms with E-state index < -0.39 is 0 Å². The Kier molecular flexibility index (Phi) is 5.11. The standard InChI is InChI=1S/C16H24O2/c1-2-3-6-11-16(17)18-12-15-13-9-7-4-5-8-10-14(13)15/h13-15H,2-3,6-12H2,1H3. The molecule has 0 radical (unpaired) electrons. The molecule has 2 aliphatic carbocycles. The van der Waals surface area contributed by atoms with Crippen molar-refractivity contribution in [2.24, 2.45) is 17.8 Å². The van der Waals surface area contributed by atoms with E-state index in [1.54, 1.807) is 0 Å². The first-order chi connectivity index (χ1) is 8.83. The number of hydrogen-bond acceptors (Lipinski definition) is 2. The fourth-order valence-corrected chi connectivity index (χ4v) is 3.06. The second-order valence-electron chi connectivity index (χ2n) is 5.56. The molecule has 0 aromatic carbocycles. The van der Waals surface area contributed by atoms with Crippen LogP contribution in [0.25, 0.3) is 0 Å². The van der Waals surface area contributed by atoms with Crippen LogP contribution in [0.2, 0.25) is 0 Å². The highest BCUT2D eigenvalue weighted by Gasteiger charge is 2.49. The fraction of sp³-hybridized carbons (Fsp3) is 0.812. The monoisotopic (exact) mass is 248 g/mol. The zero-order chi connectivity index (χ0) is 12.8. The Morgan fingerprint density at radius 3 is 2.44 bits per heavy atom. The van der Waals surface area contributed by atoms with Gasteiger partial charge in [0.05, 0.1) is 6.61 Å². The Bertz CT molecular complexity index is 319. The number of ether oxygens (including phenoxy) is 1. The number of rotatable bonds is 6. The second kappa shape index (κ2) is 6.83. The van der Waals surface area contributed by atoms with Gasteiger partial charge in [-0.1, -0.05) is 19.8 Å². The summed E-state index contributed by atoms with van der Waals surface area (Å²) in [5.74, 6) is 8.60. The molecule has 0 saturated heterocycles. The van der Waals surface area contributed by atoms with Gasteiger partial charge in [-0.2, -0.15) is 0 Å². The van der Waals surface area contributed by atoms with Crippen LogP contribution >= 0.6 is 0 Å². The van der Waals surface area contributed by atoms with Gasteiger partial charge in [0.15, 0.2) is 0 Å². The maximum absolute atomic E-state index is 11.5. The lowest BCUT2D eigenvalue weighted by Gasteiger charge is -2.04. The Morgan fingerprint density at radius 2 is 1.83 bits per heavy atom. The van der Waals surface area contributed by atoms with Gasteiger partial charge in [-0.05, 0) is 37.0 Å². The molecule has 2 heteroatoms. The zero-order valence-corrected chi connectivity index (χ0v) is 11.4. The molecule has 0 amide bonds. The zero-order valence-electron chi connectivity index (χ0n) is 11.4. The van der Waals surface area contributed by atoms with Crippen molar-refractivity contribution in [3.8, 4) is 11.8 Å². The average molecular weight is 248 g/mol. The highest BCUT2D eigenvalue weighted by molar-refractivity contribution is 5.69. The first kappa shape index (κ1) is 13.5. The third-order valence-corrected chi connectivity index (χ3v) is 4.26. The molecule has 0 aromatic heterocycles. The maximum atomic E-state index is 11.5. The van der Waals surface area contributed by atoms with Gasteiger partial charge in [0, 0.05) is 19.3 Å². The van der Waals surface area contributed by atoms with E-state index in [-0.39, 0.29) is 5.97 Å². The van der Waals surface area contributed by atoms with Crippen LogP contribution in [-0.2, 0) is 9.53 Å². The van der Waals surface area contributed by atoms with Crippen LogP contribution in [0.4, 0.5) is 0 Å². The molecule has 2 unspecified atom stereocenters. The summed E-state index contributed by atoms with van der Waals surface area (Å²) in [6, 6.07) is 0. The Morgan fingerprint density at radius 1 is 1.17 bits per heavy atom. The van der Waals surface area contributed by atoms with Crippen molar-refractivity contribution >= 4 is 5.97 Å². The van der Waals surface area contributed by atoms with Crippen LogP contribution in [0, 0.1) is 29.6 Å². The molecule has 0 aliphatic heterocycles. The summed E-state index contributed by atoms with van der Waals surface area (Å²) in [6.07, 6.45) is 8.32. The highest BCUT2D eigenvalue weighted by atomic mass is 16.5. The van der Waals surface area contributed by atoms with Gasteiger partial charge in [0.1, 0.15) is 0 Å². The van der Waals surface area contributed by atoms with Gasteiger partial charge in [0.2, 0.25) is 0 Å². The Hall–Kier alpha value is -0.970. The summed E-state index contributed by atoms with van der Waals surface area (Å²) in [4.78, 5) is 11.5. The summed E-state index contributed by atoms with van der Waals surface area (Å²) < 4.78 is 5.41. The second-order valence-corrected chi connectivity index (χ2v) is 5.56. The van der Waals surface area contributed by atoms with Gasteiger partial charge in [0.25, 0.3) is 0 Å². The first-order valence-corrected chi connectivity index (χ1v) is 7.44. The number of fused-ring (bicyclic) bond motifs is 1. The van der Waals surface area contributed by atoms with Crippen LogP contribution in [0.15, 0.2) is 0 Å². The van der Waals surface area contributed by atoms with Crippen LogP contribution in [0.5, 0.6) is 0 Å². The molecule has 0 bridgehead atoms. The molecule has 0 spiro atoms. The van der Waals surface area contributed by atoms with E-state index in [0.29, 0.717) is 18.9 Å². The summed E-state index contributed by atoms with van der Waals surface area (Å²) in [7, 11) is 0. The average Bonchev–Trinajstić information content (AvgIpc) is 2.97. The lowest BCUT2D eigenvalue weighted by molar-refractivity contribution is -0.144. The van der Waals surface area contributed by atoms with Crippen molar-refractivity contribution in [3.05, 3.63) is 0 Å². The number of esters is 1. The van der Waals surface area contributed by atoms with Gasteiger partial charge in [-0.15, -0.1) is 11.8 Å². The maximum Gasteiger partial charge on any atom is 0.305 e. The molecule has 0 aromatic rings. The third-order valence-electron chi connectivity index (χ3n) is 4.26. The molecular formula is C16H24O2. The predicted octanol–water partition coefficient (Wildman–Crippen LogP) is 3.55. The molecule has 2 atom stereocenters. The Balaban J connectivity index is 1.62. The molecule has 100 valence electrons. The summed E-state index contributed by atoms with van der Waals surface area (Å²) >= 11 is 0. The Labute approximate surface area is 110 Å². The van der Waals surface area contributed by atoms with Crippen molar-refractivity contribution in [2.75, 3.05) is 6.61 Å². The van der Waals surface area contributed by atoms with Crippen molar-refractivity contribution < 1.29 is 9.53 Å². The molecule has 2 aliphatic rings. The van der Waals surface area contributed by atoms with Gasteiger partial charge < -0.3 is 4.74 Å². The quantitative estimate of drug-likeness (QED) is 0.408. The lowest BCUT2D eigenvalue weighted by Crippen LogP contribution is -2.08. The van der Waals surface area contributed by atoms with Crippen LogP contribution in [-0.4, -0.2) is 12.6 Å². The van der Waals surface area contributed by atoms with Crippen molar-refractivity contribution in [1.82, 2.24) is 0 Å². The summed E-state index contributed by atoms with van der Waals surface area (Å²) in [6.45, 7) is 2.80. The summed E-state index contributed by atoms with van der Waals surface area (Å²) in [5, 5.41) is 0. The van der Waals surface area contributed by atoms with E-state index in [0.717, 1.165) is 43.9 Å². The molecule has 1 saturated carbocycles. The molecule has 1 fully saturated rings. The SMILES string of the molecule is CCCCCC(=O)OCC1C2CCC#CCCC21. The number of carbonyl (C=O) groups is 1. The normalized spacial score (nSPS) is 29.3. The van der Waals surface area contributed by atoms with E-state index >= 15 is 0 Å². The predicted molar refractivity (Wildman–Crippen MR) is 71.8 cm³/mol. The first-order valence-electron chi connectivity index (χ1n) is 7.44. The molecular weight excluding hydrogens is 224 g/mol. The van der Waals surface area contributed by atoms with Gasteiger partial charge in [-0.25, -0.2) is 0 Å². The molecule has 2 rings (SSSR count). The highest BCUT2D eigenvalue weighted by Crippen LogP contribution is 2.52. The van der Waals surface area contributed by atoms with E-state index in [9.17, 15) is 4.79 Å². The number of unbranched alkanes of at least 4 members (excludes halogenated alkanes) is 2. The molecule has 0 N–H and O–H groups in total. The van der Waals surface area contributed by atoms with Gasteiger partial charge in [-0.3, -0.25) is 4.79 Å². The number of carbonyl (C=O) groups excluding carboxylic acids is 1. The van der Waals surface area contributed by atoms with E-state index in [1.807, 2.05) is 0 Å². The fourth-order valence-electron chi connectivity index (χ4n) is 3.06. The molecule has 0 heterocycles. The van der Waals surface area contributed by atoms with Crippen LogP contribution in [0.3, 0.4) is 0 Å². The van der Waals surface area contributed by atoms with Crippen LogP contribution in [0.1, 0.15) is 58.3 Å². The van der Waals surface area contributed by atoms with Crippen LogP contribution < -0.4 is 0 Å².